The molecule has 2 aromatic rings. The highest BCUT2D eigenvalue weighted by Crippen LogP contribution is 2.23. The molecule has 0 amide bonds. The van der Waals surface area contributed by atoms with Gasteiger partial charge in [0.05, 0.1) is 4.92 Å². The molecule has 0 unspecified atom stereocenters. The van der Waals surface area contributed by atoms with Crippen LogP contribution in [0.25, 0.3) is 0 Å². The smallest absolute Gasteiger partial charge is 0.269 e. The van der Waals surface area contributed by atoms with Crippen LogP contribution in [0.15, 0.2) is 48.5 Å². The van der Waals surface area contributed by atoms with Crippen LogP contribution in [0, 0.1) is 10.1 Å². The van der Waals surface area contributed by atoms with Gasteiger partial charge < -0.3 is 14.9 Å². The van der Waals surface area contributed by atoms with Gasteiger partial charge in [-0.15, -0.1) is 0 Å². The first-order valence-electron chi connectivity index (χ1n) is 7.17. The predicted molar refractivity (Wildman–Crippen MR) is 85.6 cm³/mol. The van der Waals surface area contributed by atoms with Crippen LogP contribution in [0.2, 0.25) is 0 Å². The molecule has 1 aliphatic heterocycles. The van der Waals surface area contributed by atoms with Crippen molar-refractivity contribution in [2.24, 2.45) is 0 Å². The van der Waals surface area contributed by atoms with Crippen LogP contribution < -0.4 is 9.80 Å². The molecule has 1 saturated heterocycles. The van der Waals surface area contributed by atoms with Gasteiger partial charge in [0.25, 0.3) is 5.69 Å². The molecule has 114 valence electrons. The molecule has 1 N–H and O–H groups in total. The maximum absolute atomic E-state index is 10.7. The molecule has 0 bridgehead atoms. The van der Waals surface area contributed by atoms with Crippen molar-refractivity contribution in [3.63, 3.8) is 0 Å². The lowest BCUT2D eigenvalue weighted by Gasteiger charge is -2.37. The Kier molecular flexibility index (Phi) is 3.82. The topological polar surface area (TPSA) is 69.9 Å². The minimum atomic E-state index is -0.382. The number of anilines is 2. The molecular formula is C16H17N3O3. The molecule has 3 rings (SSSR count). The van der Waals surface area contributed by atoms with E-state index in [9.17, 15) is 15.2 Å². The van der Waals surface area contributed by atoms with Crippen molar-refractivity contribution < 1.29 is 10.0 Å². The molecular weight excluding hydrogens is 282 g/mol. The Morgan fingerprint density at radius 3 is 1.64 bits per heavy atom. The van der Waals surface area contributed by atoms with Crippen molar-refractivity contribution in [3.8, 4) is 5.75 Å². The highest BCUT2D eigenvalue weighted by atomic mass is 16.6. The summed E-state index contributed by atoms with van der Waals surface area (Å²) >= 11 is 0. The molecule has 0 atom stereocenters. The quantitative estimate of drug-likeness (QED) is 0.697. The van der Waals surface area contributed by atoms with E-state index in [1.165, 1.54) is 0 Å². The largest absolute Gasteiger partial charge is 0.508 e. The SMILES string of the molecule is O=[N+]([O-])c1ccc(N2CCN(c3ccc(O)cc3)CC2)cc1. The van der Waals surface area contributed by atoms with E-state index in [1.54, 1.807) is 36.4 Å². The lowest BCUT2D eigenvalue weighted by Crippen LogP contribution is -2.46. The maximum Gasteiger partial charge on any atom is 0.269 e. The molecule has 6 heteroatoms. The lowest BCUT2D eigenvalue weighted by molar-refractivity contribution is -0.384. The van der Waals surface area contributed by atoms with Gasteiger partial charge in [0.2, 0.25) is 0 Å². The molecule has 1 aliphatic rings. The van der Waals surface area contributed by atoms with Crippen molar-refractivity contribution in [2.45, 2.75) is 0 Å². The van der Waals surface area contributed by atoms with Gasteiger partial charge >= 0.3 is 0 Å². The van der Waals surface area contributed by atoms with Gasteiger partial charge in [0.1, 0.15) is 5.75 Å². The second-order valence-corrected chi connectivity index (χ2v) is 5.26. The zero-order valence-corrected chi connectivity index (χ0v) is 12.1. The Morgan fingerprint density at radius 1 is 0.818 bits per heavy atom. The van der Waals surface area contributed by atoms with Gasteiger partial charge in [-0.3, -0.25) is 10.1 Å². The number of hydrogen-bond donors (Lipinski definition) is 1. The number of hydrogen-bond acceptors (Lipinski definition) is 5. The van der Waals surface area contributed by atoms with Crippen LogP contribution in [0.4, 0.5) is 17.1 Å². The number of phenols is 1. The van der Waals surface area contributed by atoms with Crippen LogP contribution in [-0.4, -0.2) is 36.2 Å². The van der Waals surface area contributed by atoms with E-state index >= 15 is 0 Å². The molecule has 1 heterocycles. The number of non-ortho nitro benzene ring substituents is 1. The molecule has 0 saturated carbocycles. The predicted octanol–water partition coefficient (Wildman–Crippen LogP) is 2.63. The summed E-state index contributed by atoms with van der Waals surface area (Å²) in [6.45, 7) is 3.47. The number of nitro groups is 1. The second kappa shape index (κ2) is 5.93. The maximum atomic E-state index is 10.7. The van der Waals surface area contributed by atoms with Gasteiger partial charge in [-0.05, 0) is 36.4 Å². The summed E-state index contributed by atoms with van der Waals surface area (Å²) in [5, 5.41) is 20.0. The second-order valence-electron chi connectivity index (χ2n) is 5.26. The molecule has 0 spiro atoms. The van der Waals surface area contributed by atoms with E-state index < -0.39 is 0 Å². The van der Waals surface area contributed by atoms with Crippen molar-refractivity contribution in [2.75, 3.05) is 36.0 Å². The van der Waals surface area contributed by atoms with E-state index in [1.807, 2.05) is 12.1 Å². The first-order valence-corrected chi connectivity index (χ1v) is 7.17. The molecule has 1 fully saturated rings. The Labute approximate surface area is 128 Å². The molecule has 22 heavy (non-hydrogen) atoms. The highest BCUT2D eigenvalue weighted by molar-refractivity contribution is 5.54. The molecule has 0 aromatic heterocycles. The van der Waals surface area contributed by atoms with E-state index in [-0.39, 0.29) is 16.4 Å². The molecule has 0 radical (unpaired) electrons. The van der Waals surface area contributed by atoms with E-state index in [0.29, 0.717) is 0 Å². The standard InChI is InChI=1S/C16H17N3O3/c20-16-7-5-14(6-8-16)18-11-9-17(10-12-18)13-1-3-15(4-2-13)19(21)22/h1-8,20H,9-12H2. The average molecular weight is 299 g/mol. The lowest BCUT2D eigenvalue weighted by atomic mass is 10.2. The van der Waals surface area contributed by atoms with Crippen LogP contribution in [-0.2, 0) is 0 Å². The summed E-state index contributed by atoms with van der Waals surface area (Å²) in [4.78, 5) is 14.8. The normalized spacial score (nSPS) is 14.9. The third-order valence-electron chi connectivity index (χ3n) is 3.92. The highest BCUT2D eigenvalue weighted by Gasteiger charge is 2.18. The Balaban J connectivity index is 1.63. The monoisotopic (exact) mass is 299 g/mol. The van der Waals surface area contributed by atoms with Gasteiger partial charge in [0, 0.05) is 49.7 Å². The number of nitro benzene ring substituents is 1. The zero-order chi connectivity index (χ0) is 15.5. The Bertz CT molecular complexity index is 647. The summed E-state index contributed by atoms with van der Waals surface area (Å²) in [5.41, 5.74) is 2.23. The fraction of sp³-hybridized carbons (Fsp3) is 0.250. The van der Waals surface area contributed by atoms with E-state index in [4.69, 9.17) is 0 Å². The van der Waals surface area contributed by atoms with Crippen LogP contribution >= 0.6 is 0 Å². The number of piperazine rings is 1. The van der Waals surface area contributed by atoms with Crippen molar-refractivity contribution >= 4 is 17.1 Å². The number of aromatic hydroxyl groups is 1. The van der Waals surface area contributed by atoms with Crippen molar-refractivity contribution in [1.82, 2.24) is 0 Å². The van der Waals surface area contributed by atoms with Gasteiger partial charge in [-0.1, -0.05) is 0 Å². The Morgan fingerprint density at radius 2 is 1.23 bits per heavy atom. The van der Waals surface area contributed by atoms with Gasteiger partial charge in [-0.2, -0.15) is 0 Å². The summed E-state index contributed by atoms with van der Waals surface area (Å²) in [6.07, 6.45) is 0. The van der Waals surface area contributed by atoms with E-state index in [0.717, 1.165) is 37.6 Å². The number of benzene rings is 2. The minimum absolute atomic E-state index is 0.117. The summed E-state index contributed by atoms with van der Waals surface area (Å²) in [7, 11) is 0. The first-order chi connectivity index (χ1) is 10.6. The van der Waals surface area contributed by atoms with Gasteiger partial charge in [0.15, 0.2) is 0 Å². The minimum Gasteiger partial charge on any atom is -0.508 e. The summed E-state index contributed by atoms with van der Waals surface area (Å²) < 4.78 is 0. The third kappa shape index (κ3) is 2.95. The Hall–Kier alpha value is -2.76. The zero-order valence-electron chi connectivity index (χ0n) is 12.1. The number of rotatable bonds is 3. The van der Waals surface area contributed by atoms with Crippen LogP contribution in [0.5, 0.6) is 5.75 Å². The summed E-state index contributed by atoms with van der Waals surface area (Å²) in [5.74, 6) is 0.272. The summed E-state index contributed by atoms with van der Waals surface area (Å²) in [6, 6.07) is 13.9. The fourth-order valence-electron chi connectivity index (χ4n) is 2.67. The number of nitrogens with zero attached hydrogens (tertiary/aromatic N) is 3. The van der Waals surface area contributed by atoms with Crippen molar-refractivity contribution in [1.29, 1.82) is 0 Å². The van der Waals surface area contributed by atoms with Crippen molar-refractivity contribution in [3.05, 3.63) is 58.6 Å². The average Bonchev–Trinajstić information content (AvgIpc) is 2.56. The third-order valence-corrected chi connectivity index (χ3v) is 3.92. The van der Waals surface area contributed by atoms with E-state index in [2.05, 4.69) is 9.80 Å². The van der Waals surface area contributed by atoms with Gasteiger partial charge in [-0.25, -0.2) is 0 Å². The molecule has 0 aliphatic carbocycles. The molecule has 2 aromatic carbocycles. The van der Waals surface area contributed by atoms with Crippen LogP contribution in [0.1, 0.15) is 0 Å². The number of phenolic OH excluding ortho intramolecular Hbond substituents is 1. The fourth-order valence-corrected chi connectivity index (χ4v) is 2.67. The van der Waals surface area contributed by atoms with Crippen LogP contribution in [0.3, 0.4) is 0 Å². The molecule has 6 nitrogen and oxygen atoms in total. The first kappa shape index (κ1) is 14.2.